The fourth-order valence-electron chi connectivity index (χ4n) is 6.53. The van der Waals surface area contributed by atoms with Gasteiger partial charge in [-0.1, -0.05) is 65.0 Å². The number of hydrogen-bond donors (Lipinski definition) is 3. The molecule has 68 heavy (non-hydrogen) atoms. The SMILES string of the molecule is CC(C)[Si](CCC(F)(F)C(F)(F)C(F)(F)C(F)(F)C(F)(F)C(F)(F)C(F)(F)C(F)(F)F)(OCCOc1ccc([C@@H](OC(=O)Nc2ccc(F)cc2F)[C@@H](C)C/C=C/C=C/C(=O)NO)cc1)C(C)C. The minimum absolute atomic E-state index is 0.0415. The molecular formula is C40H43F19N2O6Si. The van der Waals surface area contributed by atoms with Crippen LogP contribution in [-0.2, 0) is 14.0 Å². The van der Waals surface area contributed by atoms with Crippen molar-refractivity contribution in [3.63, 3.8) is 0 Å². The van der Waals surface area contributed by atoms with Crippen LogP contribution in [0.1, 0.15) is 59.1 Å². The average Bonchev–Trinajstić information content (AvgIpc) is 3.22. The zero-order valence-corrected chi connectivity index (χ0v) is 36.9. The highest BCUT2D eigenvalue weighted by Crippen LogP contribution is 2.64. The van der Waals surface area contributed by atoms with Crippen molar-refractivity contribution in [3.8, 4) is 5.75 Å². The fourth-order valence-corrected chi connectivity index (χ4v) is 11.0. The summed E-state index contributed by atoms with van der Waals surface area (Å²) in [5.74, 6) is -60.5. The van der Waals surface area contributed by atoms with Gasteiger partial charge in [-0.25, -0.2) is 19.1 Å². The predicted octanol–water partition coefficient (Wildman–Crippen LogP) is 13.5. The lowest BCUT2D eigenvalue weighted by Crippen LogP contribution is -2.74. The van der Waals surface area contributed by atoms with Crippen LogP contribution in [0, 0.1) is 17.6 Å². The number of rotatable bonds is 24. The van der Waals surface area contributed by atoms with E-state index in [1.165, 1.54) is 69.6 Å². The Bertz CT molecular complexity index is 2060. The molecule has 0 aliphatic rings. The molecule has 2 atom stereocenters. The Labute approximate surface area is 375 Å². The minimum Gasteiger partial charge on any atom is -0.491 e. The molecule has 0 fully saturated rings. The number of ether oxygens (including phenoxy) is 2. The summed E-state index contributed by atoms with van der Waals surface area (Å²) in [7, 11) is -4.06. The average molecular weight is 1040 g/mol. The highest BCUT2D eigenvalue weighted by atomic mass is 28.4. The van der Waals surface area contributed by atoms with Gasteiger partial charge in [-0.15, -0.1) is 0 Å². The molecule has 2 rings (SSSR count). The first kappa shape index (κ1) is 59.4. The Morgan fingerprint density at radius 1 is 0.691 bits per heavy atom. The van der Waals surface area contributed by atoms with Crippen LogP contribution in [0.15, 0.2) is 66.8 Å². The highest BCUT2D eigenvalue weighted by Gasteiger charge is 2.95. The van der Waals surface area contributed by atoms with Crippen LogP contribution >= 0.6 is 0 Å². The lowest BCUT2D eigenvalue weighted by molar-refractivity contribution is -0.461. The van der Waals surface area contributed by atoms with E-state index < -0.39 is 134 Å². The summed E-state index contributed by atoms with van der Waals surface area (Å²) in [5.41, 5.74) is -0.619. The topological polar surface area (TPSA) is 106 Å². The molecule has 0 radical (unpaired) electrons. The maximum absolute atomic E-state index is 15.0. The quantitative estimate of drug-likeness (QED) is 0.0184. The van der Waals surface area contributed by atoms with E-state index in [4.69, 9.17) is 19.1 Å². The first-order chi connectivity index (χ1) is 30.8. The molecule has 386 valence electrons. The third-order valence-electron chi connectivity index (χ3n) is 10.5. The molecule has 0 saturated carbocycles. The van der Waals surface area contributed by atoms with E-state index in [2.05, 4.69) is 5.32 Å². The van der Waals surface area contributed by atoms with E-state index in [9.17, 15) is 84.2 Å². The Hall–Kier alpha value is -4.73. The molecule has 0 aromatic heterocycles. The van der Waals surface area contributed by atoms with Crippen molar-refractivity contribution in [3.05, 3.63) is 84.0 Å². The van der Waals surface area contributed by atoms with Crippen LogP contribution < -0.4 is 15.5 Å². The van der Waals surface area contributed by atoms with Crippen molar-refractivity contribution in [1.82, 2.24) is 5.48 Å². The zero-order valence-electron chi connectivity index (χ0n) is 35.9. The molecule has 0 unspecified atom stereocenters. The maximum Gasteiger partial charge on any atom is 0.460 e. The summed E-state index contributed by atoms with van der Waals surface area (Å²) in [5, 5.41) is 10.7. The number of anilines is 1. The Kier molecular flexibility index (Phi) is 19.1. The first-order valence-corrected chi connectivity index (χ1v) is 21.9. The number of nitrogens with one attached hydrogen (secondary N) is 2. The number of carbonyl (C=O) groups is 2. The molecule has 3 N–H and O–H groups in total. The van der Waals surface area contributed by atoms with E-state index in [1.807, 2.05) is 0 Å². The van der Waals surface area contributed by atoms with E-state index in [-0.39, 0.29) is 12.2 Å². The van der Waals surface area contributed by atoms with Gasteiger partial charge in [0.15, 0.2) is 8.32 Å². The lowest BCUT2D eigenvalue weighted by Gasteiger charge is -2.44. The first-order valence-electron chi connectivity index (χ1n) is 19.6. The number of hydroxylamine groups is 1. The standard InChI is InChI=1S/C40H43F19N2O6Si/c1-22(2)68(23(3)4,20-17-33(43,44)34(45,46)35(47,48)36(49,50)37(51,52)38(53,54)39(55,56)40(57,58)59)66-19-18-65-27-14-11-25(12-15-27)31(24(5)9-7-6-8-10-30(62)61-64)67-32(63)60-29-16-13-26(41)21-28(29)42/h6-8,10-16,21-24,31,64H,9,17-20H2,1-5H3,(H,60,63)(H,61,62)/b7-6+,10-8+/t24-,31-/m0/s1. The van der Waals surface area contributed by atoms with E-state index in [0.717, 1.165) is 18.2 Å². The van der Waals surface area contributed by atoms with Gasteiger partial charge in [-0.2, -0.15) is 74.6 Å². The second kappa shape index (κ2) is 21.9. The number of benzene rings is 2. The van der Waals surface area contributed by atoms with Gasteiger partial charge in [0.05, 0.1) is 12.3 Å². The third-order valence-corrected chi connectivity index (χ3v) is 16.2. The van der Waals surface area contributed by atoms with Gasteiger partial charge in [-0.05, 0) is 53.4 Å². The predicted molar refractivity (Wildman–Crippen MR) is 205 cm³/mol. The number of allylic oxidation sites excluding steroid dienone is 3. The molecule has 28 heteroatoms. The second-order valence-corrected chi connectivity index (χ2v) is 20.7. The Morgan fingerprint density at radius 2 is 1.21 bits per heavy atom. The monoisotopic (exact) mass is 1040 g/mol. The Morgan fingerprint density at radius 3 is 1.69 bits per heavy atom. The number of alkyl halides is 17. The summed E-state index contributed by atoms with van der Waals surface area (Å²) >= 11 is 0. The fraction of sp³-hybridized carbons (Fsp3) is 0.550. The lowest BCUT2D eigenvalue weighted by atomic mass is 9.88. The van der Waals surface area contributed by atoms with Gasteiger partial charge in [-0.3, -0.25) is 15.3 Å². The van der Waals surface area contributed by atoms with Crippen LogP contribution in [0.25, 0.3) is 0 Å². The molecule has 0 aliphatic heterocycles. The molecular weight excluding hydrogens is 993 g/mol. The van der Waals surface area contributed by atoms with Gasteiger partial charge >= 0.3 is 53.7 Å². The van der Waals surface area contributed by atoms with Crippen molar-refractivity contribution >= 4 is 26.0 Å². The van der Waals surface area contributed by atoms with Crippen molar-refractivity contribution < 1.29 is 112 Å². The van der Waals surface area contributed by atoms with Crippen molar-refractivity contribution in [1.29, 1.82) is 0 Å². The number of carbonyl (C=O) groups excluding carboxylic acids is 2. The molecule has 8 nitrogen and oxygen atoms in total. The highest BCUT2D eigenvalue weighted by molar-refractivity contribution is 6.76. The van der Waals surface area contributed by atoms with E-state index >= 15 is 8.78 Å². The number of hydrogen-bond acceptors (Lipinski definition) is 6. The summed E-state index contributed by atoms with van der Waals surface area (Å²) < 4.78 is 280. The summed E-state index contributed by atoms with van der Waals surface area (Å²) in [6.07, 6.45) is -7.35. The molecule has 0 bridgehead atoms. The van der Waals surface area contributed by atoms with Crippen LogP contribution in [-0.4, -0.2) is 86.4 Å². The van der Waals surface area contributed by atoms with Gasteiger partial charge in [0.2, 0.25) is 0 Å². The molecule has 2 aromatic rings. The molecule has 0 spiro atoms. The van der Waals surface area contributed by atoms with Gasteiger partial charge in [0.1, 0.15) is 30.1 Å². The molecule has 0 saturated heterocycles. The normalized spacial score (nSPS) is 15.0. The molecule has 0 heterocycles. The summed E-state index contributed by atoms with van der Waals surface area (Å²) in [6.45, 7) is 5.69. The van der Waals surface area contributed by atoms with E-state index in [1.54, 1.807) is 13.0 Å². The van der Waals surface area contributed by atoms with Crippen LogP contribution in [0.2, 0.25) is 17.1 Å². The van der Waals surface area contributed by atoms with Gasteiger partial charge in [0.25, 0.3) is 5.91 Å². The van der Waals surface area contributed by atoms with Crippen molar-refractivity contribution in [2.24, 2.45) is 5.92 Å². The Balaban J connectivity index is 2.31. The summed E-state index contributed by atoms with van der Waals surface area (Å²) in [4.78, 5) is 24.0. The van der Waals surface area contributed by atoms with Crippen LogP contribution in [0.5, 0.6) is 5.75 Å². The maximum atomic E-state index is 15.0. The van der Waals surface area contributed by atoms with Gasteiger partial charge < -0.3 is 13.9 Å². The molecule has 0 aliphatic carbocycles. The molecule has 2 amide bonds. The second-order valence-electron chi connectivity index (χ2n) is 15.7. The molecule has 2 aromatic carbocycles. The largest absolute Gasteiger partial charge is 0.491 e. The van der Waals surface area contributed by atoms with E-state index in [0.29, 0.717) is 11.6 Å². The van der Waals surface area contributed by atoms with Gasteiger partial charge in [0, 0.05) is 24.5 Å². The van der Waals surface area contributed by atoms with Crippen LogP contribution in [0.4, 0.5) is 93.9 Å². The summed E-state index contributed by atoms with van der Waals surface area (Å²) in [6, 6.07) is 6.34. The minimum atomic E-state index is -8.72. The zero-order chi connectivity index (χ0) is 52.7. The van der Waals surface area contributed by atoms with Crippen LogP contribution in [0.3, 0.4) is 0 Å². The van der Waals surface area contributed by atoms with Crippen molar-refractivity contribution in [2.45, 2.75) is 118 Å². The van der Waals surface area contributed by atoms with Crippen molar-refractivity contribution in [2.75, 3.05) is 18.5 Å². The number of amides is 2. The third kappa shape index (κ3) is 12.3. The number of halogens is 19. The smallest absolute Gasteiger partial charge is 0.460 e.